The average molecular weight is 335 g/mol. The van der Waals surface area contributed by atoms with E-state index in [0.717, 1.165) is 12.7 Å². The molecule has 0 saturated carbocycles. The van der Waals surface area contributed by atoms with Crippen LogP contribution in [-0.2, 0) is 19.4 Å². The van der Waals surface area contributed by atoms with Crippen molar-refractivity contribution >= 4 is 33.8 Å². The lowest BCUT2D eigenvalue weighted by Crippen LogP contribution is -2.29. The van der Waals surface area contributed by atoms with Crippen LogP contribution in [0, 0.1) is 0 Å². The molecule has 0 unspecified atom stereocenters. The largest absolute Gasteiger partial charge is 0.364 e. The molecule has 1 aromatic carbocycles. The molecule has 1 fully saturated rings. The Morgan fingerprint density at radius 1 is 1.43 bits per heavy atom. The van der Waals surface area contributed by atoms with Gasteiger partial charge in [-0.05, 0) is 31.0 Å². The summed E-state index contributed by atoms with van der Waals surface area (Å²) in [5, 5.41) is 2.67. The van der Waals surface area contributed by atoms with Crippen LogP contribution in [0.2, 0.25) is 0 Å². The molecule has 118 valence electrons. The summed E-state index contributed by atoms with van der Waals surface area (Å²) < 4.78 is 28.4. The molecule has 1 saturated heterocycles. The van der Waals surface area contributed by atoms with Crippen LogP contribution in [0.5, 0.6) is 0 Å². The van der Waals surface area contributed by atoms with Crippen LogP contribution in [0.3, 0.4) is 0 Å². The van der Waals surface area contributed by atoms with Crippen LogP contribution in [-0.4, -0.2) is 39.3 Å². The first-order valence-electron chi connectivity index (χ1n) is 6.36. The highest BCUT2D eigenvalue weighted by atomic mass is 35.5. The number of anilines is 1. The van der Waals surface area contributed by atoms with E-state index in [1.807, 2.05) is 0 Å². The van der Waals surface area contributed by atoms with Gasteiger partial charge in [-0.3, -0.25) is 4.79 Å². The normalized spacial score (nSPS) is 21.6. The summed E-state index contributed by atoms with van der Waals surface area (Å²) in [6.07, 6.45) is 1.91. The van der Waals surface area contributed by atoms with E-state index in [1.165, 1.54) is 12.1 Å². The van der Waals surface area contributed by atoms with E-state index in [0.29, 0.717) is 18.7 Å². The fourth-order valence-corrected chi connectivity index (χ4v) is 2.77. The van der Waals surface area contributed by atoms with Gasteiger partial charge in [-0.1, -0.05) is 6.07 Å². The number of nitrogens with two attached hydrogens (primary N) is 1. The third-order valence-corrected chi connectivity index (χ3v) is 4.30. The van der Waals surface area contributed by atoms with Crippen LogP contribution >= 0.6 is 12.4 Å². The number of hydrogen-bond donors (Lipinski definition) is 2. The van der Waals surface area contributed by atoms with Crippen molar-refractivity contribution in [1.82, 2.24) is 0 Å². The SMILES string of the molecule is CS(=O)(=O)c1cccc(NC(=O)[C@@H]2CC[C@H](CN)O2)c1.Cl. The minimum Gasteiger partial charge on any atom is -0.364 e. The van der Waals surface area contributed by atoms with E-state index in [9.17, 15) is 13.2 Å². The molecule has 3 N–H and O–H groups in total. The van der Waals surface area contributed by atoms with E-state index < -0.39 is 15.9 Å². The molecule has 0 aliphatic carbocycles. The Kier molecular flexibility index (Phi) is 6.15. The monoisotopic (exact) mass is 334 g/mol. The predicted octanol–water partition coefficient (Wildman–Crippen LogP) is 0.957. The molecule has 0 spiro atoms. The van der Waals surface area contributed by atoms with Gasteiger partial charge in [-0.25, -0.2) is 8.42 Å². The number of rotatable bonds is 4. The molecule has 0 radical (unpaired) electrons. The predicted molar refractivity (Wildman–Crippen MR) is 82.4 cm³/mol. The van der Waals surface area contributed by atoms with Crippen molar-refractivity contribution in [2.45, 2.75) is 29.9 Å². The minimum absolute atomic E-state index is 0. The zero-order valence-corrected chi connectivity index (χ0v) is 13.2. The Morgan fingerprint density at radius 2 is 2.14 bits per heavy atom. The van der Waals surface area contributed by atoms with Crippen molar-refractivity contribution in [3.05, 3.63) is 24.3 Å². The summed E-state index contributed by atoms with van der Waals surface area (Å²) in [6, 6.07) is 6.15. The highest BCUT2D eigenvalue weighted by Gasteiger charge is 2.29. The third-order valence-electron chi connectivity index (χ3n) is 3.19. The van der Waals surface area contributed by atoms with E-state index in [4.69, 9.17) is 10.5 Å². The summed E-state index contributed by atoms with van der Waals surface area (Å²) in [7, 11) is -3.29. The molecular formula is C13H19ClN2O4S. The molecular weight excluding hydrogens is 316 g/mol. The van der Waals surface area contributed by atoms with Gasteiger partial charge in [-0.2, -0.15) is 0 Å². The van der Waals surface area contributed by atoms with Crippen LogP contribution in [0.4, 0.5) is 5.69 Å². The number of ether oxygens (including phenoxy) is 1. The topological polar surface area (TPSA) is 98.5 Å². The van der Waals surface area contributed by atoms with Crippen molar-refractivity contribution in [1.29, 1.82) is 0 Å². The summed E-state index contributed by atoms with van der Waals surface area (Å²) in [5.41, 5.74) is 5.94. The number of carbonyl (C=O) groups excluding carboxylic acids is 1. The second kappa shape index (κ2) is 7.22. The van der Waals surface area contributed by atoms with E-state index >= 15 is 0 Å². The molecule has 2 rings (SSSR count). The molecule has 1 aliphatic heterocycles. The van der Waals surface area contributed by atoms with Gasteiger partial charge in [0.1, 0.15) is 6.10 Å². The number of hydrogen-bond acceptors (Lipinski definition) is 5. The zero-order valence-electron chi connectivity index (χ0n) is 11.6. The Hall–Kier alpha value is -1.15. The van der Waals surface area contributed by atoms with E-state index in [-0.39, 0.29) is 29.3 Å². The van der Waals surface area contributed by atoms with Gasteiger partial charge in [0, 0.05) is 18.5 Å². The Labute approximate surface area is 130 Å². The fraction of sp³-hybridized carbons (Fsp3) is 0.462. The Morgan fingerprint density at radius 3 is 2.71 bits per heavy atom. The van der Waals surface area contributed by atoms with Crippen molar-refractivity contribution in [2.24, 2.45) is 5.73 Å². The van der Waals surface area contributed by atoms with Crippen LogP contribution in [0.15, 0.2) is 29.2 Å². The molecule has 21 heavy (non-hydrogen) atoms. The van der Waals surface area contributed by atoms with Crippen molar-refractivity contribution in [3.8, 4) is 0 Å². The molecule has 1 heterocycles. The lowest BCUT2D eigenvalue weighted by atomic mass is 10.2. The second-order valence-corrected chi connectivity index (χ2v) is 6.86. The van der Waals surface area contributed by atoms with Gasteiger partial charge >= 0.3 is 0 Å². The van der Waals surface area contributed by atoms with Gasteiger partial charge in [0.05, 0.1) is 11.0 Å². The average Bonchev–Trinajstić information content (AvgIpc) is 2.87. The lowest BCUT2D eigenvalue weighted by molar-refractivity contribution is -0.126. The molecule has 8 heteroatoms. The maximum absolute atomic E-state index is 12.0. The molecule has 0 aromatic heterocycles. The Balaban J connectivity index is 0.00000220. The van der Waals surface area contributed by atoms with Crippen molar-refractivity contribution in [2.75, 3.05) is 18.1 Å². The Bertz CT molecular complexity index is 606. The first kappa shape index (κ1) is 17.9. The van der Waals surface area contributed by atoms with E-state index in [1.54, 1.807) is 12.1 Å². The number of amides is 1. The maximum atomic E-state index is 12.0. The quantitative estimate of drug-likeness (QED) is 0.854. The highest BCUT2D eigenvalue weighted by molar-refractivity contribution is 7.90. The number of sulfone groups is 1. The molecule has 0 bridgehead atoms. The van der Waals surface area contributed by atoms with Crippen molar-refractivity contribution in [3.63, 3.8) is 0 Å². The summed E-state index contributed by atoms with van der Waals surface area (Å²) in [4.78, 5) is 12.2. The third kappa shape index (κ3) is 4.67. The van der Waals surface area contributed by atoms with Crippen LogP contribution < -0.4 is 11.1 Å². The first-order valence-corrected chi connectivity index (χ1v) is 8.26. The summed E-state index contributed by atoms with van der Waals surface area (Å²) >= 11 is 0. The zero-order chi connectivity index (χ0) is 14.8. The van der Waals surface area contributed by atoms with E-state index in [2.05, 4.69) is 5.32 Å². The standard InChI is InChI=1S/C13H18N2O4S.ClH/c1-20(17,18)11-4-2-3-9(7-11)15-13(16)12-6-5-10(8-14)19-12;/h2-4,7,10,12H,5-6,8,14H2,1H3,(H,15,16);1H/t10-,12+;/m1./s1. The van der Waals surface area contributed by atoms with Gasteiger partial charge in [0.2, 0.25) is 0 Å². The smallest absolute Gasteiger partial charge is 0.253 e. The van der Waals surface area contributed by atoms with Gasteiger partial charge in [0.15, 0.2) is 9.84 Å². The lowest BCUT2D eigenvalue weighted by Gasteiger charge is -2.13. The molecule has 6 nitrogen and oxygen atoms in total. The van der Waals surface area contributed by atoms with Gasteiger partial charge in [-0.15, -0.1) is 12.4 Å². The molecule has 1 amide bonds. The first-order chi connectivity index (χ1) is 9.40. The maximum Gasteiger partial charge on any atom is 0.253 e. The highest BCUT2D eigenvalue weighted by Crippen LogP contribution is 2.21. The second-order valence-electron chi connectivity index (χ2n) is 4.85. The number of carbonyl (C=O) groups is 1. The number of benzene rings is 1. The molecule has 2 atom stereocenters. The molecule has 1 aliphatic rings. The van der Waals surface area contributed by atoms with Gasteiger partial charge < -0.3 is 15.8 Å². The molecule has 1 aromatic rings. The number of halogens is 1. The van der Waals surface area contributed by atoms with Crippen LogP contribution in [0.1, 0.15) is 12.8 Å². The fourth-order valence-electron chi connectivity index (χ4n) is 2.10. The summed E-state index contributed by atoms with van der Waals surface area (Å²) in [5.74, 6) is -0.272. The number of nitrogens with one attached hydrogen (secondary N) is 1. The van der Waals surface area contributed by atoms with Crippen LogP contribution in [0.25, 0.3) is 0 Å². The van der Waals surface area contributed by atoms with Gasteiger partial charge in [0.25, 0.3) is 5.91 Å². The van der Waals surface area contributed by atoms with Crippen molar-refractivity contribution < 1.29 is 17.9 Å². The summed E-state index contributed by atoms with van der Waals surface area (Å²) in [6.45, 7) is 0.396. The minimum atomic E-state index is -3.29.